The number of hydrogen-bond acceptors (Lipinski definition) is 3. The van der Waals surface area contributed by atoms with Crippen LogP contribution in [0.1, 0.15) is 6.42 Å². The highest BCUT2D eigenvalue weighted by Crippen LogP contribution is 2.34. The van der Waals surface area contributed by atoms with Crippen LogP contribution >= 0.6 is 0 Å². The molecule has 0 spiro atoms. The predicted molar refractivity (Wildman–Crippen MR) is 59.1 cm³/mol. The van der Waals surface area contributed by atoms with Crippen molar-refractivity contribution in [3.63, 3.8) is 0 Å². The van der Waals surface area contributed by atoms with E-state index in [2.05, 4.69) is 4.99 Å². The fourth-order valence-electron chi connectivity index (χ4n) is 1.69. The average Bonchev–Trinajstić information content (AvgIpc) is 2.26. The second-order valence-electron chi connectivity index (χ2n) is 3.56. The lowest BCUT2D eigenvalue weighted by atomic mass is 10.1. The van der Waals surface area contributed by atoms with E-state index in [4.69, 9.17) is 10.5 Å². The lowest BCUT2D eigenvalue weighted by Gasteiger charge is -2.20. The van der Waals surface area contributed by atoms with E-state index in [1.807, 2.05) is 36.4 Å². The molecule has 0 saturated heterocycles. The van der Waals surface area contributed by atoms with Gasteiger partial charge < -0.3 is 10.5 Å². The molecule has 3 rings (SSSR count). The zero-order valence-corrected chi connectivity index (χ0v) is 8.10. The summed E-state index contributed by atoms with van der Waals surface area (Å²) < 4.78 is 5.71. The van der Waals surface area contributed by atoms with Gasteiger partial charge in [-0.15, -0.1) is 0 Å². The van der Waals surface area contributed by atoms with Crippen LogP contribution in [0.15, 0.2) is 52.9 Å². The Bertz CT molecular complexity index is 512. The minimum absolute atomic E-state index is 0.733. The Kier molecular flexibility index (Phi) is 1.65. The van der Waals surface area contributed by atoms with Gasteiger partial charge in [0.05, 0.1) is 0 Å². The largest absolute Gasteiger partial charge is 0.453 e. The Morgan fingerprint density at radius 3 is 3.07 bits per heavy atom. The molecule has 0 fully saturated rings. The fourth-order valence-corrected chi connectivity index (χ4v) is 1.69. The minimum Gasteiger partial charge on any atom is -0.453 e. The van der Waals surface area contributed by atoms with Crippen molar-refractivity contribution < 1.29 is 4.74 Å². The van der Waals surface area contributed by atoms with Crippen LogP contribution in [0.5, 0.6) is 5.75 Å². The molecular weight excluding hydrogens is 188 g/mol. The zero-order chi connectivity index (χ0) is 10.3. The number of fused-ring (bicyclic) bond motifs is 2. The van der Waals surface area contributed by atoms with E-state index in [0.29, 0.717) is 0 Å². The molecule has 2 N–H and O–H groups in total. The molecule has 15 heavy (non-hydrogen) atoms. The third kappa shape index (κ3) is 1.32. The molecule has 3 heteroatoms. The normalized spacial score (nSPS) is 17.7. The van der Waals surface area contributed by atoms with Gasteiger partial charge in [0, 0.05) is 12.1 Å². The van der Waals surface area contributed by atoms with Gasteiger partial charge in [0.2, 0.25) is 0 Å². The van der Waals surface area contributed by atoms with Crippen LogP contribution in [0.3, 0.4) is 0 Å². The number of benzene rings is 1. The molecule has 1 aromatic rings. The van der Waals surface area contributed by atoms with E-state index in [0.717, 1.165) is 35.0 Å². The summed E-state index contributed by atoms with van der Waals surface area (Å²) in [6, 6.07) is 7.72. The Labute approximate surface area is 87.6 Å². The molecule has 0 radical (unpaired) electrons. The molecule has 0 atom stereocenters. The second-order valence-corrected chi connectivity index (χ2v) is 3.56. The molecule has 1 aliphatic carbocycles. The van der Waals surface area contributed by atoms with Crippen LogP contribution in [0.25, 0.3) is 0 Å². The first-order valence-electron chi connectivity index (χ1n) is 4.85. The van der Waals surface area contributed by atoms with Gasteiger partial charge in [0.25, 0.3) is 0 Å². The van der Waals surface area contributed by atoms with Crippen molar-refractivity contribution in [1.82, 2.24) is 0 Å². The number of rotatable bonds is 0. The van der Waals surface area contributed by atoms with Crippen molar-refractivity contribution in [2.45, 2.75) is 6.42 Å². The quantitative estimate of drug-likeness (QED) is 0.695. The summed E-state index contributed by atoms with van der Waals surface area (Å²) in [4.78, 5) is 4.48. The summed E-state index contributed by atoms with van der Waals surface area (Å²) in [5, 5.41) is 0. The Morgan fingerprint density at radius 2 is 2.13 bits per heavy atom. The van der Waals surface area contributed by atoms with Gasteiger partial charge in [-0.3, -0.25) is 0 Å². The van der Waals surface area contributed by atoms with Crippen LogP contribution in [0.2, 0.25) is 0 Å². The maximum Gasteiger partial charge on any atom is 0.153 e. The van der Waals surface area contributed by atoms with Crippen molar-refractivity contribution in [2.75, 3.05) is 0 Å². The van der Waals surface area contributed by atoms with E-state index in [1.54, 1.807) is 0 Å². The number of allylic oxidation sites excluding steroid dienone is 2. The van der Waals surface area contributed by atoms with Crippen LogP contribution < -0.4 is 10.5 Å². The predicted octanol–water partition coefficient (Wildman–Crippen LogP) is 2.28. The summed E-state index contributed by atoms with van der Waals surface area (Å²) in [5.41, 5.74) is 8.24. The van der Waals surface area contributed by atoms with Crippen molar-refractivity contribution in [3.8, 4) is 5.75 Å². The van der Waals surface area contributed by atoms with Crippen molar-refractivity contribution in [3.05, 3.63) is 47.9 Å². The molecular formula is C12H10N2O. The molecule has 1 heterocycles. The molecule has 0 saturated carbocycles. The van der Waals surface area contributed by atoms with Crippen LogP contribution in [-0.4, -0.2) is 5.71 Å². The molecule has 0 amide bonds. The molecule has 0 bridgehead atoms. The Morgan fingerprint density at radius 1 is 1.27 bits per heavy atom. The first-order chi connectivity index (χ1) is 7.33. The van der Waals surface area contributed by atoms with Crippen LogP contribution in [0.4, 0.5) is 5.69 Å². The number of nitrogens with two attached hydrogens (primary N) is 1. The molecule has 1 aliphatic heterocycles. The number of nitrogens with zero attached hydrogens (tertiary/aromatic N) is 1. The van der Waals surface area contributed by atoms with E-state index >= 15 is 0 Å². The molecule has 2 aliphatic rings. The highest BCUT2D eigenvalue weighted by Gasteiger charge is 2.19. The highest BCUT2D eigenvalue weighted by molar-refractivity contribution is 6.10. The molecule has 74 valence electrons. The minimum atomic E-state index is 0.733. The zero-order valence-electron chi connectivity index (χ0n) is 8.10. The first kappa shape index (κ1) is 8.29. The van der Waals surface area contributed by atoms with Gasteiger partial charge in [-0.2, -0.15) is 0 Å². The van der Waals surface area contributed by atoms with Gasteiger partial charge in [-0.05, 0) is 24.3 Å². The smallest absolute Gasteiger partial charge is 0.153 e. The van der Waals surface area contributed by atoms with Crippen molar-refractivity contribution in [1.29, 1.82) is 0 Å². The second kappa shape index (κ2) is 2.98. The van der Waals surface area contributed by atoms with E-state index in [9.17, 15) is 0 Å². The monoisotopic (exact) mass is 198 g/mol. The van der Waals surface area contributed by atoms with Gasteiger partial charge in [-0.1, -0.05) is 12.1 Å². The summed E-state index contributed by atoms with van der Waals surface area (Å²) in [6.07, 6.45) is 4.56. The molecule has 1 aromatic carbocycles. The van der Waals surface area contributed by atoms with Crippen molar-refractivity contribution >= 4 is 11.4 Å². The van der Waals surface area contributed by atoms with E-state index < -0.39 is 0 Å². The van der Waals surface area contributed by atoms with Gasteiger partial charge in [0.1, 0.15) is 17.2 Å². The average molecular weight is 198 g/mol. The molecule has 3 nitrogen and oxygen atoms in total. The summed E-state index contributed by atoms with van der Waals surface area (Å²) >= 11 is 0. The van der Waals surface area contributed by atoms with Gasteiger partial charge in [0.15, 0.2) is 5.75 Å². The Balaban J connectivity index is 2.14. The Hall–Kier alpha value is -2.03. The topological polar surface area (TPSA) is 47.6 Å². The molecule has 0 aromatic heterocycles. The lowest BCUT2D eigenvalue weighted by molar-refractivity contribution is 0.447. The number of para-hydroxylation sites is 2. The van der Waals surface area contributed by atoms with Crippen molar-refractivity contribution in [2.24, 2.45) is 10.7 Å². The first-order valence-corrected chi connectivity index (χ1v) is 4.85. The summed E-state index contributed by atoms with van der Waals surface area (Å²) in [7, 11) is 0. The van der Waals surface area contributed by atoms with Gasteiger partial charge >= 0.3 is 0 Å². The van der Waals surface area contributed by atoms with E-state index in [-0.39, 0.29) is 0 Å². The molecule has 0 unspecified atom stereocenters. The standard InChI is InChI=1S/C12H10N2O/c13-8-5-6-12-10(7-8)14-9-3-1-2-4-11(9)15-12/h1-4,6-7H,5,13H2. The van der Waals surface area contributed by atoms with Gasteiger partial charge in [-0.25, -0.2) is 4.99 Å². The maximum atomic E-state index is 5.74. The van der Waals surface area contributed by atoms with Crippen LogP contribution in [-0.2, 0) is 0 Å². The number of aliphatic imine (C=N–C) groups is 1. The number of ether oxygens (including phenoxy) is 1. The summed E-state index contributed by atoms with van der Waals surface area (Å²) in [6.45, 7) is 0. The lowest BCUT2D eigenvalue weighted by Crippen LogP contribution is -2.16. The SMILES string of the molecule is NC1=CC2=Nc3ccccc3OC2=CC1. The maximum absolute atomic E-state index is 5.74. The van der Waals surface area contributed by atoms with E-state index in [1.165, 1.54) is 0 Å². The third-order valence-corrected chi connectivity index (χ3v) is 2.42. The number of hydrogen-bond donors (Lipinski definition) is 1. The third-order valence-electron chi connectivity index (χ3n) is 2.42. The summed E-state index contributed by atoms with van der Waals surface area (Å²) in [5.74, 6) is 1.62. The van der Waals surface area contributed by atoms with Crippen LogP contribution in [0, 0.1) is 0 Å². The highest BCUT2D eigenvalue weighted by atomic mass is 16.5. The fraction of sp³-hybridized carbons (Fsp3) is 0.0833.